The van der Waals surface area contributed by atoms with Crippen molar-refractivity contribution in [2.45, 2.75) is 53.0 Å². The van der Waals surface area contributed by atoms with Crippen LogP contribution in [0.15, 0.2) is 0 Å². The zero-order valence-corrected chi connectivity index (χ0v) is 14.7. The number of rotatable bonds is 7. The monoisotopic (exact) mass is 283 g/mol. The summed E-state index contributed by atoms with van der Waals surface area (Å²) >= 11 is 0. The molecular weight excluding hydrogens is 246 g/mol. The van der Waals surface area contributed by atoms with Gasteiger partial charge in [-0.3, -0.25) is 0 Å². The average molecular weight is 284 g/mol. The lowest BCUT2D eigenvalue weighted by Gasteiger charge is -2.48. The minimum atomic E-state index is 0.368. The standard InChI is InChI=1S/C17H37N3/c1-7-20(12-8-11-19(5)6)13-15-9-10-16(18)14(2)17(15,3)4/h14-16H,7-13,18H2,1-6H3. The lowest BCUT2D eigenvalue weighted by molar-refractivity contribution is 0.0291. The third-order valence-corrected chi connectivity index (χ3v) is 5.72. The van der Waals surface area contributed by atoms with Gasteiger partial charge in [0, 0.05) is 12.6 Å². The van der Waals surface area contributed by atoms with Gasteiger partial charge in [0.15, 0.2) is 0 Å². The Bertz CT molecular complexity index is 275. The van der Waals surface area contributed by atoms with E-state index in [4.69, 9.17) is 5.73 Å². The second-order valence-corrected chi connectivity index (χ2v) is 7.60. The maximum Gasteiger partial charge on any atom is 0.00698 e. The van der Waals surface area contributed by atoms with Crippen molar-refractivity contribution in [3.63, 3.8) is 0 Å². The Hall–Kier alpha value is -0.120. The highest BCUT2D eigenvalue weighted by Crippen LogP contribution is 2.44. The van der Waals surface area contributed by atoms with E-state index in [1.165, 1.54) is 45.4 Å². The molecular formula is C17H37N3. The minimum Gasteiger partial charge on any atom is -0.327 e. The Morgan fingerprint density at radius 3 is 2.35 bits per heavy atom. The van der Waals surface area contributed by atoms with E-state index in [-0.39, 0.29) is 0 Å². The summed E-state index contributed by atoms with van der Waals surface area (Å²) in [4.78, 5) is 4.92. The number of hydrogen-bond acceptors (Lipinski definition) is 3. The Labute approximate surface area is 126 Å². The molecule has 120 valence electrons. The van der Waals surface area contributed by atoms with Crippen LogP contribution in [0, 0.1) is 17.3 Å². The van der Waals surface area contributed by atoms with Crippen LogP contribution in [0.1, 0.15) is 47.0 Å². The molecule has 0 amide bonds. The van der Waals surface area contributed by atoms with Crippen LogP contribution in [-0.4, -0.2) is 56.1 Å². The van der Waals surface area contributed by atoms with Crippen LogP contribution in [0.3, 0.4) is 0 Å². The molecule has 0 aromatic carbocycles. The van der Waals surface area contributed by atoms with Crippen LogP contribution in [0.2, 0.25) is 0 Å². The van der Waals surface area contributed by atoms with Crippen LogP contribution >= 0.6 is 0 Å². The van der Waals surface area contributed by atoms with Gasteiger partial charge in [-0.2, -0.15) is 0 Å². The number of hydrogen-bond donors (Lipinski definition) is 1. The lowest BCUT2D eigenvalue weighted by atomic mass is 9.61. The molecule has 1 saturated carbocycles. The number of nitrogens with zero attached hydrogens (tertiary/aromatic N) is 2. The van der Waals surface area contributed by atoms with Gasteiger partial charge in [0.25, 0.3) is 0 Å². The van der Waals surface area contributed by atoms with Gasteiger partial charge in [0.05, 0.1) is 0 Å². The first-order valence-corrected chi connectivity index (χ1v) is 8.41. The molecule has 1 fully saturated rings. The van der Waals surface area contributed by atoms with E-state index in [0.717, 1.165) is 5.92 Å². The summed E-state index contributed by atoms with van der Waals surface area (Å²) in [6.07, 6.45) is 3.76. The summed E-state index contributed by atoms with van der Waals surface area (Å²) in [6.45, 7) is 14.3. The zero-order valence-electron chi connectivity index (χ0n) is 14.7. The molecule has 20 heavy (non-hydrogen) atoms. The first-order chi connectivity index (χ1) is 9.28. The summed E-state index contributed by atoms with van der Waals surface area (Å²) in [5, 5.41) is 0. The molecule has 3 unspecified atom stereocenters. The van der Waals surface area contributed by atoms with Crippen LogP contribution < -0.4 is 5.73 Å². The van der Waals surface area contributed by atoms with Gasteiger partial charge in [-0.05, 0) is 70.2 Å². The fourth-order valence-corrected chi connectivity index (χ4v) is 3.57. The highest BCUT2D eigenvalue weighted by Gasteiger charge is 2.41. The van der Waals surface area contributed by atoms with E-state index in [9.17, 15) is 0 Å². The molecule has 0 radical (unpaired) electrons. The summed E-state index contributed by atoms with van der Waals surface area (Å²) in [6, 6.07) is 0.394. The van der Waals surface area contributed by atoms with Crippen molar-refractivity contribution in [2.24, 2.45) is 23.0 Å². The van der Waals surface area contributed by atoms with Crippen molar-refractivity contribution >= 4 is 0 Å². The van der Waals surface area contributed by atoms with Crippen LogP contribution in [-0.2, 0) is 0 Å². The molecule has 3 nitrogen and oxygen atoms in total. The van der Waals surface area contributed by atoms with Gasteiger partial charge in [-0.15, -0.1) is 0 Å². The minimum absolute atomic E-state index is 0.368. The highest BCUT2D eigenvalue weighted by molar-refractivity contribution is 4.94. The number of nitrogens with two attached hydrogens (primary N) is 1. The second kappa shape index (κ2) is 7.77. The zero-order chi connectivity index (χ0) is 15.3. The van der Waals surface area contributed by atoms with Gasteiger partial charge in [-0.25, -0.2) is 0 Å². The van der Waals surface area contributed by atoms with E-state index < -0.39 is 0 Å². The van der Waals surface area contributed by atoms with Crippen molar-refractivity contribution in [1.82, 2.24) is 9.80 Å². The fraction of sp³-hybridized carbons (Fsp3) is 1.00. The molecule has 0 heterocycles. The third kappa shape index (κ3) is 4.71. The van der Waals surface area contributed by atoms with Crippen molar-refractivity contribution < 1.29 is 0 Å². The van der Waals surface area contributed by atoms with E-state index in [0.29, 0.717) is 17.4 Å². The van der Waals surface area contributed by atoms with Gasteiger partial charge in [0.2, 0.25) is 0 Å². The summed E-state index contributed by atoms with van der Waals surface area (Å²) < 4.78 is 0. The van der Waals surface area contributed by atoms with Crippen molar-refractivity contribution in [3.8, 4) is 0 Å². The Morgan fingerprint density at radius 2 is 1.80 bits per heavy atom. The maximum atomic E-state index is 6.27. The van der Waals surface area contributed by atoms with Gasteiger partial charge >= 0.3 is 0 Å². The SMILES string of the molecule is CCN(CCCN(C)C)CC1CCC(N)C(C)C1(C)C. The molecule has 2 N–H and O–H groups in total. The molecule has 0 aromatic rings. The van der Waals surface area contributed by atoms with E-state index in [1.807, 2.05) is 0 Å². The van der Waals surface area contributed by atoms with Crippen LogP contribution in [0.25, 0.3) is 0 Å². The second-order valence-electron chi connectivity index (χ2n) is 7.60. The normalized spacial score (nSPS) is 30.1. The Balaban J connectivity index is 2.51. The largest absolute Gasteiger partial charge is 0.327 e. The predicted octanol–water partition coefficient (Wildman–Crippen LogP) is 2.66. The van der Waals surface area contributed by atoms with E-state index >= 15 is 0 Å². The van der Waals surface area contributed by atoms with E-state index in [2.05, 4.69) is 51.6 Å². The molecule has 1 aliphatic rings. The first kappa shape index (κ1) is 17.9. The van der Waals surface area contributed by atoms with Crippen molar-refractivity contribution in [2.75, 3.05) is 40.3 Å². The Morgan fingerprint density at radius 1 is 1.15 bits per heavy atom. The molecule has 0 aliphatic heterocycles. The molecule has 1 rings (SSSR count). The summed E-state index contributed by atoms with van der Waals surface area (Å²) in [5.41, 5.74) is 6.64. The first-order valence-electron chi connectivity index (χ1n) is 8.41. The Kier molecular flexibility index (Phi) is 6.96. The molecule has 3 heteroatoms. The molecule has 0 aromatic heterocycles. The van der Waals surface area contributed by atoms with E-state index in [1.54, 1.807) is 0 Å². The molecule has 0 spiro atoms. The van der Waals surface area contributed by atoms with Crippen LogP contribution in [0.4, 0.5) is 0 Å². The molecule has 1 aliphatic carbocycles. The fourth-order valence-electron chi connectivity index (χ4n) is 3.57. The van der Waals surface area contributed by atoms with Crippen LogP contribution in [0.5, 0.6) is 0 Å². The quantitative estimate of drug-likeness (QED) is 0.779. The van der Waals surface area contributed by atoms with Gasteiger partial charge in [-0.1, -0.05) is 27.7 Å². The van der Waals surface area contributed by atoms with Crippen molar-refractivity contribution in [3.05, 3.63) is 0 Å². The van der Waals surface area contributed by atoms with Gasteiger partial charge < -0.3 is 15.5 Å². The summed E-state index contributed by atoms with van der Waals surface area (Å²) in [7, 11) is 4.31. The maximum absolute atomic E-state index is 6.27. The topological polar surface area (TPSA) is 32.5 Å². The predicted molar refractivity (Wildman–Crippen MR) is 88.9 cm³/mol. The lowest BCUT2D eigenvalue weighted by Crippen LogP contribution is -2.50. The molecule has 0 saturated heterocycles. The average Bonchev–Trinajstić information content (AvgIpc) is 2.37. The summed E-state index contributed by atoms with van der Waals surface area (Å²) in [5.74, 6) is 1.42. The molecule has 0 bridgehead atoms. The smallest absolute Gasteiger partial charge is 0.00698 e. The molecule has 3 atom stereocenters. The van der Waals surface area contributed by atoms with Gasteiger partial charge in [0.1, 0.15) is 0 Å². The van der Waals surface area contributed by atoms with Crippen molar-refractivity contribution in [1.29, 1.82) is 0 Å². The third-order valence-electron chi connectivity index (χ3n) is 5.72. The highest BCUT2D eigenvalue weighted by atomic mass is 15.1.